The molecule has 3 atom stereocenters. The lowest BCUT2D eigenvalue weighted by molar-refractivity contribution is 0.201. The number of allylic oxidation sites excluding steroid dienone is 7. The molecule has 3 heteroatoms. The van der Waals surface area contributed by atoms with Crippen LogP contribution in [-0.4, -0.2) is 5.54 Å². The monoisotopic (exact) mass is 692 g/mol. The molecule has 1 aromatic heterocycles. The molecule has 1 aliphatic carbocycles. The van der Waals surface area contributed by atoms with E-state index in [0.29, 0.717) is 11.2 Å². The van der Waals surface area contributed by atoms with Crippen molar-refractivity contribution in [2.45, 2.75) is 181 Å². The number of thioether (sulfide) groups is 1. The number of hydrogen-bond donors (Lipinski definition) is 1. The van der Waals surface area contributed by atoms with E-state index in [2.05, 4.69) is 84.9 Å². The van der Waals surface area contributed by atoms with Crippen LogP contribution < -0.4 is 5.73 Å². The summed E-state index contributed by atoms with van der Waals surface area (Å²) in [5.41, 5.74) is 10.8. The van der Waals surface area contributed by atoms with Gasteiger partial charge in [-0.05, 0) is 92.9 Å². The molecule has 0 saturated carbocycles. The molecule has 0 amide bonds. The van der Waals surface area contributed by atoms with Crippen molar-refractivity contribution in [1.29, 1.82) is 0 Å². The van der Waals surface area contributed by atoms with E-state index >= 15 is 0 Å². The molecule has 0 spiro atoms. The molecular weight excluding hydrogens is 619 g/mol. The third-order valence-corrected chi connectivity index (χ3v) is 14.7. The van der Waals surface area contributed by atoms with Gasteiger partial charge in [0.25, 0.3) is 0 Å². The van der Waals surface area contributed by atoms with Crippen LogP contribution in [0.25, 0.3) is 5.57 Å². The summed E-state index contributed by atoms with van der Waals surface area (Å²) in [7, 11) is 0. The minimum Gasteiger partial charge on any atom is -0.321 e. The van der Waals surface area contributed by atoms with Crippen LogP contribution >= 0.6 is 23.1 Å². The van der Waals surface area contributed by atoms with Crippen LogP contribution in [0.1, 0.15) is 185 Å². The van der Waals surface area contributed by atoms with Crippen LogP contribution in [0.3, 0.4) is 0 Å². The van der Waals surface area contributed by atoms with Crippen molar-refractivity contribution in [3.8, 4) is 0 Å². The van der Waals surface area contributed by atoms with Crippen molar-refractivity contribution in [3.05, 3.63) is 75.4 Å². The van der Waals surface area contributed by atoms with Gasteiger partial charge in [-0.25, -0.2) is 0 Å². The lowest BCUT2D eigenvalue weighted by Crippen LogP contribution is -2.32. The summed E-state index contributed by atoms with van der Waals surface area (Å²) in [5.74, 6) is 0.362. The number of hydrogen-bond acceptors (Lipinski definition) is 3. The summed E-state index contributed by atoms with van der Waals surface area (Å²) in [6, 6.07) is 4.70. The molecule has 1 nitrogen and oxygen atoms in total. The van der Waals surface area contributed by atoms with E-state index in [-0.39, 0.29) is 16.4 Å². The number of nitrogens with two attached hydrogens (primary N) is 1. The summed E-state index contributed by atoms with van der Waals surface area (Å²) in [6.07, 6.45) is 34.6. The summed E-state index contributed by atoms with van der Waals surface area (Å²) >= 11 is 3.91. The van der Waals surface area contributed by atoms with Gasteiger partial charge in [-0.2, -0.15) is 0 Å². The first-order valence-corrected chi connectivity index (χ1v) is 21.7. The lowest BCUT2D eigenvalue weighted by Gasteiger charge is -2.42. The smallest absolute Gasteiger partial charge is 0.0470 e. The van der Waals surface area contributed by atoms with Gasteiger partial charge in [0, 0.05) is 31.4 Å². The largest absolute Gasteiger partial charge is 0.321 e. The minimum absolute atomic E-state index is 0.192. The van der Waals surface area contributed by atoms with E-state index in [4.69, 9.17) is 18.9 Å². The van der Waals surface area contributed by atoms with Crippen LogP contribution in [0.2, 0.25) is 0 Å². The topological polar surface area (TPSA) is 26.0 Å². The third kappa shape index (κ3) is 11.9. The molecule has 0 fully saturated rings. The molecule has 48 heavy (non-hydrogen) atoms. The molecule has 2 N–H and O–H groups in total. The SMILES string of the molecule is C=C(/C=C1\C(CC)C(=C)/C=C\C(C)(CC)CCC1(CCCCCCCC)CCCCCCCC)c1ccc(C2CC=C(C(C)(C)N)S2)s1. The quantitative estimate of drug-likeness (QED) is 0.138. The third-order valence-electron chi connectivity index (χ3n) is 11.6. The first-order chi connectivity index (χ1) is 22.9. The van der Waals surface area contributed by atoms with Gasteiger partial charge in [-0.15, -0.1) is 23.1 Å². The van der Waals surface area contributed by atoms with E-state index in [1.165, 1.54) is 135 Å². The Bertz CT molecular complexity index is 1220. The van der Waals surface area contributed by atoms with Gasteiger partial charge in [0.2, 0.25) is 0 Å². The lowest BCUT2D eigenvalue weighted by atomic mass is 9.62. The predicted octanol–water partition coefficient (Wildman–Crippen LogP) is 15.3. The molecule has 3 rings (SSSR count). The Morgan fingerprint density at radius 1 is 0.917 bits per heavy atom. The fourth-order valence-corrected chi connectivity index (χ4v) is 10.4. The van der Waals surface area contributed by atoms with Gasteiger partial charge in [-0.3, -0.25) is 0 Å². The van der Waals surface area contributed by atoms with Crippen LogP contribution in [0.15, 0.2) is 65.6 Å². The highest BCUT2D eigenvalue weighted by molar-refractivity contribution is 8.03. The number of unbranched alkanes of at least 4 members (excludes halogenated alkanes) is 10. The molecule has 2 heterocycles. The van der Waals surface area contributed by atoms with E-state index < -0.39 is 0 Å². The molecule has 0 radical (unpaired) electrons. The summed E-state index contributed by atoms with van der Waals surface area (Å²) in [5, 5.41) is 0.464. The fraction of sp³-hybridized carbons (Fsp3) is 0.689. The Morgan fingerprint density at radius 2 is 1.52 bits per heavy atom. The second-order valence-electron chi connectivity index (χ2n) is 16.2. The number of rotatable bonds is 20. The predicted molar refractivity (Wildman–Crippen MR) is 221 cm³/mol. The minimum atomic E-state index is -0.264. The standard InChI is InChI=1S/C45H73NS2/c1-10-14-16-18-20-22-29-45(30-23-21-19-17-15-11-2)33-32-44(9,13-4)31-28-35(5)37(12-3)38(45)34-36(6)39-24-25-40(47-39)41-26-27-42(48-41)43(7,8)46/h24-25,27-28,31,34,37,41H,5-6,10-23,26,29-30,32-33,46H2,1-4,7-9H3/b31-28-,38-34+. The Morgan fingerprint density at radius 3 is 2.06 bits per heavy atom. The van der Waals surface area contributed by atoms with Gasteiger partial charge in [-0.1, -0.05) is 155 Å². The summed E-state index contributed by atoms with van der Waals surface area (Å²) < 4.78 is 0. The Labute approximate surface area is 306 Å². The highest BCUT2D eigenvalue weighted by atomic mass is 32.2. The molecule has 0 aromatic carbocycles. The zero-order chi connectivity index (χ0) is 35.2. The summed E-state index contributed by atoms with van der Waals surface area (Å²) in [6.45, 7) is 25.7. The van der Waals surface area contributed by atoms with Crippen LogP contribution in [0.5, 0.6) is 0 Å². The second kappa shape index (κ2) is 19.9. The van der Waals surface area contributed by atoms with Gasteiger partial charge in [0.15, 0.2) is 0 Å². The Hall–Kier alpha value is -1.29. The summed E-state index contributed by atoms with van der Waals surface area (Å²) in [4.78, 5) is 4.09. The first kappa shape index (κ1) is 41.1. The van der Waals surface area contributed by atoms with E-state index in [0.717, 1.165) is 12.8 Å². The van der Waals surface area contributed by atoms with Crippen LogP contribution in [0, 0.1) is 16.7 Å². The van der Waals surface area contributed by atoms with Crippen LogP contribution in [-0.2, 0) is 0 Å². The van der Waals surface area contributed by atoms with E-state index in [1.807, 2.05) is 23.1 Å². The van der Waals surface area contributed by atoms with Gasteiger partial charge >= 0.3 is 0 Å². The fourth-order valence-electron chi connectivity index (χ4n) is 7.94. The van der Waals surface area contributed by atoms with Gasteiger partial charge in [0.1, 0.15) is 0 Å². The van der Waals surface area contributed by atoms with Crippen molar-refractivity contribution >= 4 is 28.7 Å². The average Bonchev–Trinajstić information content (AvgIpc) is 3.76. The molecule has 2 aliphatic rings. The first-order valence-electron chi connectivity index (χ1n) is 20.0. The highest BCUT2D eigenvalue weighted by Gasteiger charge is 2.40. The number of thiophene rings is 1. The second-order valence-corrected chi connectivity index (χ2v) is 18.5. The van der Waals surface area contributed by atoms with Crippen molar-refractivity contribution in [1.82, 2.24) is 0 Å². The zero-order valence-electron chi connectivity index (χ0n) is 32.4. The highest BCUT2D eigenvalue weighted by Crippen LogP contribution is 2.53. The maximum Gasteiger partial charge on any atom is 0.0470 e. The average molecular weight is 692 g/mol. The maximum absolute atomic E-state index is 6.47. The molecule has 0 saturated heterocycles. The van der Waals surface area contributed by atoms with Gasteiger partial charge < -0.3 is 5.73 Å². The maximum atomic E-state index is 6.47. The molecule has 1 aromatic rings. The van der Waals surface area contributed by atoms with Crippen molar-refractivity contribution in [2.75, 3.05) is 0 Å². The van der Waals surface area contributed by atoms with E-state index in [9.17, 15) is 0 Å². The molecular formula is C45H73NS2. The van der Waals surface area contributed by atoms with Crippen LogP contribution in [0.4, 0.5) is 0 Å². The Balaban J connectivity index is 2.02. The molecule has 0 bridgehead atoms. The normalized spacial score (nSPS) is 24.7. The zero-order valence-corrected chi connectivity index (χ0v) is 34.0. The van der Waals surface area contributed by atoms with Gasteiger partial charge in [0.05, 0.1) is 0 Å². The van der Waals surface area contributed by atoms with Crippen molar-refractivity contribution < 1.29 is 0 Å². The Kier molecular flexibility index (Phi) is 17.1. The van der Waals surface area contributed by atoms with E-state index in [1.54, 1.807) is 5.57 Å². The molecule has 3 unspecified atom stereocenters. The molecule has 1 aliphatic heterocycles. The molecule has 270 valence electrons. The van der Waals surface area contributed by atoms with Crippen molar-refractivity contribution in [3.63, 3.8) is 0 Å². The van der Waals surface area contributed by atoms with Crippen molar-refractivity contribution in [2.24, 2.45) is 22.5 Å².